The predicted molar refractivity (Wildman–Crippen MR) is 136 cm³/mol. The molecule has 0 N–H and O–H groups in total. The molecular formula is C28H32N2O2S. The first kappa shape index (κ1) is 22.3. The largest absolute Gasteiger partial charge is 0.497 e. The highest BCUT2D eigenvalue weighted by atomic mass is 32.2. The Balaban J connectivity index is 1.41. The van der Waals surface area contributed by atoms with Gasteiger partial charge in [-0.1, -0.05) is 62.9 Å². The number of methoxy groups -OCH3 is 1. The standard InChI is InChI=1S/C28H32N2O2S/c1-27(2)14-20-15-28(3,17-27)18-30(20)26(31)16-33-25-13-23(19-8-6-5-7-9-19)22-11-10-21(32-4)12-24(22)29-25/h5-13,20H,14-18H2,1-4H3/t20-,28+/m1/s1. The Kier molecular flexibility index (Phi) is 5.64. The summed E-state index contributed by atoms with van der Waals surface area (Å²) < 4.78 is 5.43. The minimum Gasteiger partial charge on any atom is -0.497 e. The van der Waals surface area contributed by atoms with Gasteiger partial charge in [-0.05, 0) is 59.4 Å². The highest BCUT2D eigenvalue weighted by molar-refractivity contribution is 7.99. The number of nitrogens with zero attached hydrogens (tertiary/aromatic N) is 2. The van der Waals surface area contributed by atoms with Crippen LogP contribution in [0.5, 0.6) is 5.75 Å². The van der Waals surface area contributed by atoms with E-state index in [-0.39, 0.29) is 11.3 Å². The van der Waals surface area contributed by atoms with E-state index >= 15 is 0 Å². The maximum absolute atomic E-state index is 13.3. The first-order chi connectivity index (χ1) is 15.8. The van der Waals surface area contributed by atoms with Crippen LogP contribution in [-0.4, -0.2) is 41.2 Å². The number of carbonyl (C=O) groups excluding carboxylic acids is 1. The summed E-state index contributed by atoms with van der Waals surface area (Å²) in [5, 5.41) is 1.96. The third-order valence-electron chi connectivity index (χ3n) is 7.16. The second kappa shape index (κ2) is 8.35. The van der Waals surface area contributed by atoms with Crippen molar-refractivity contribution in [3.05, 3.63) is 54.6 Å². The Bertz CT molecular complexity index is 1190. The molecule has 1 aliphatic heterocycles. The molecular weight excluding hydrogens is 428 g/mol. The predicted octanol–water partition coefficient (Wildman–Crippen LogP) is 6.43. The third-order valence-corrected chi connectivity index (χ3v) is 8.05. The van der Waals surface area contributed by atoms with Gasteiger partial charge in [0, 0.05) is 24.0 Å². The lowest BCUT2D eigenvalue weighted by Crippen LogP contribution is -2.38. The molecule has 3 aromatic rings. The lowest BCUT2D eigenvalue weighted by Gasteiger charge is -2.39. The van der Waals surface area contributed by atoms with E-state index in [9.17, 15) is 4.79 Å². The van der Waals surface area contributed by atoms with Crippen LogP contribution < -0.4 is 4.74 Å². The molecule has 0 radical (unpaired) electrons. The van der Waals surface area contributed by atoms with Crippen molar-refractivity contribution in [2.75, 3.05) is 19.4 Å². The van der Waals surface area contributed by atoms with Gasteiger partial charge < -0.3 is 9.64 Å². The van der Waals surface area contributed by atoms with Gasteiger partial charge in [0.2, 0.25) is 5.91 Å². The van der Waals surface area contributed by atoms with Gasteiger partial charge in [0.25, 0.3) is 0 Å². The number of rotatable bonds is 5. The average molecular weight is 461 g/mol. The van der Waals surface area contributed by atoms with E-state index in [1.165, 1.54) is 6.42 Å². The number of carbonyl (C=O) groups is 1. The molecule has 2 aromatic carbocycles. The molecule has 172 valence electrons. The van der Waals surface area contributed by atoms with E-state index in [4.69, 9.17) is 9.72 Å². The Hall–Kier alpha value is -2.53. The monoisotopic (exact) mass is 460 g/mol. The van der Waals surface area contributed by atoms with Crippen LogP contribution in [0.1, 0.15) is 40.0 Å². The zero-order valence-electron chi connectivity index (χ0n) is 19.9. The van der Waals surface area contributed by atoms with Gasteiger partial charge in [-0.25, -0.2) is 4.98 Å². The maximum Gasteiger partial charge on any atom is 0.233 e. The SMILES string of the molecule is COc1ccc2c(-c3ccccc3)cc(SCC(=O)N3C[C@@]4(C)C[C@H]3CC(C)(C)C4)nc2c1. The molecule has 1 aliphatic carbocycles. The van der Waals surface area contributed by atoms with Gasteiger partial charge in [-0.3, -0.25) is 4.79 Å². The second-order valence-corrected chi connectivity index (χ2v) is 11.8. The normalized spacial score (nSPS) is 23.6. The lowest BCUT2D eigenvalue weighted by atomic mass is 9.65. The third kappa shape index (κ3) is 4.48. The van der Waals surface area contributed by atoms with E-state index in [0.29, 0.717) is 17.2 Å². The average Bonchev–Trinajstić information content (AvgIpc) is 3.05. The molecule has 2 heterocycles. The molecule has 5 rings (SSSR count). The molecule has 4 nitrogen and oxygen atoms in total. The van der Waals surface area contributed by atoms with Gasteiger partial charge in [0.1, 0.15) is 5.75 Å². The van der Waals surface area contributed by atoms with E-state index in [1.54, 1.807) is 18.9 Å². The summed E-state index contributed by atoms with van der Waals surface area (Å²) in [7, 11) is 1.67. The summed E-state index contributed by atoms with van der Waals surface area (Å²) >= 11 is 1.54. The Morgan fingerprint density at radius 3 is 2.67 bits per heavy atom. The van der Waals surface area contributed by atoms with Crippen LogP contribution in [0.3, 0.4) is 0 Å². The van der Waals surface area contributed by atoms with Crippen LogP contribution >= 0.6 is 11.8 Å². The molecule has 2 fully saturated rings. The summed E-state index contributed by atoms with van der Waals surface area (Å²) in [6.45, 7) is 7.93. The quantitative estimate of drug-likeness (QED) is 0.412. The number of likely N-dealkylation sites (tertiary alicyclic amines) is 1. The number of benzene rings is 2. The van der Waals surface area contributed by atoms with Crippen molar-refractivity contribution in [1.82, 2.24) is 9.88 Å². The first-order valence-corrected chi connectivity index (χ1v) is 12.7. The molecule has 1 aromatic heterocycles. The van der Waals surface area contributed by atoms with Crippen molar-refractivity contribution < 1.29 is 9.53 Å². The number of ether oxygens (including phenoxy) is 1. The second-order valence-electron chi connectivity index (χ2n) is 10.8. The van der Waals surface area contributed by atoms with Crippen molar-refractivity contribution in [2.45, 2.75) is 51.1 Å². The molecule has 5 heteroatoms. The van der Waals surface area contributed by atoms with E-state index in [1.807, 2.05) is 18.2 Å². The number of hydrogen-bond donors (Lipinski definition) is 0. The number of amides is 1. The minimum atomic E-state index is 0.236. The van der Waals surface area contributed by atoms with Crippen LogP contribution in [0.15, 0.2) is 59.6 Å². The van der Waals surface area contributed by atoms with Crippen molar-refractivity contribution in [1.29, 1.82) is 0 Å². The Morgan fingerprint density at radius 1 is 1.12 bits per heavy atom. The fourth-order valence-corrected chi connectivity index (χ4v) is 7.01. The fourth-order valence-electron chi connectivity index (χ4n) is 6.21. The number of aromatic nitrogens is 1. The van der Waals surface area contributed by atoms with E-state index in [2.05, 4.69) is 62.1 Å². The topological polar surface area (TPSA) is 42.4 Å². The number of pyridine rings is 1. The molecule has 2 aliphatic rings. The zero-order chi connectivity index (χ0) is 23.2. The smallest absolute Gasteiger partial charge is 0.233 e. The highest BCUT2D eigenvalue weighted by Crippen LogP contribution is 2.52. The molecule has 33 heavy (non-hydrogen) atoms. The molecule has 0 unspecified atom stereocenters. The summed E-state index contributed by atoms with van der Waals surface area (Å²) in [4.78, 5) is 20.3. The summed E-state index contributed by atoms with van der Waals surface area (Å²) in [5.41, 5.74) is 3.72. The molecule has 1 saturated heterocycles. The van der Waals surface area contributed by atoms with Crippen LogP contribution in [0.2, 0.25) is 0 Å². The van der Waals surface area contributed by atoms with E-state index < -0.39 is 0 Å². The van der Waals surface area contributed by atoms with Gasteiger partial charge in [0.05, 0.1) is 23.4 Å². The highest BCUT2D eigenvalue weighted by Gasteiger charge is 2.50. The van der Waals surface area contributed by atoms with E-state index in [0.717, 1.165) is 52.2 Å². The van der Waals surface area contributed by atoms with Crippen LogP contribution in [0.25, 0.3) is 22.0 Å². The number of fused-ring (bicyclic) bond motifs is 3. The van der Waals surface area contributed by atoms with Gasteiger partial charge >= 0.3 is 0 Å². The van der Waals surface area contributed by atoms with Crippen LogP contribution in [-0.2, 0) is 4.79 Å². The maximum atomic E-state index is 13.3. The van der Waals surface area contributed by atoms with Crippen molar-refractivity contribution >= 4 is 28.6 Å². The summed E-state index contributed by atoms with van der Waals surface area (Å²) in [6, 6.07) is 18.9. The number of hydrogen-bond acceptors (Lipinski definition) is 4. The van der Waals surface area contributed by atoms with Crippen LogP contribution in [0, 0.1) is 10.8 Å². The molecule has 2 atom stereocenters. The first-order valence-electron chi connectivity index (χ1n) is 11.7. The fraction of sp³-hybridized carbons (Fsp3) is 0.429. The van der Waals surface area contributed by atoms with Gasteiger partial charge in [-0.2, -0.15) is 0 Å². The molecule has 2 bridgehead atoms. The minimum absolute atomic E-state index is 0.236. The summed E-state index contributed by atoms with van der Waals surface area (Å²) in [6.07, 6.45) is 3.44. The van der Waals surface area contributed by atoms with Crippen LogP contribution in [0.4, 0.5) is 0 Å². The molecule has 0 spiro atoms. The summed E-state index contributed by atoms with van der Waals surface area (Å²) in [5.74, 6) is 1.44. The Labute approximate surface area is 200 Å². The van der Waals surface area contributed by atoms with Crippen molar-refractivity contribution in [3.63, 3.8) is 0 Å². The number of thioether (sulfide) groups is 1. The molecule has 1 amide bonds. The van der Waals surface area contributed by atoms with Crippen molar-refractivity contribution in [3.8, 4) is 16.9 Å². The zero-order valence-corrected chi connectivity index (χ0v) is 20.7. The molecule has 1 saturated carbocycles. The lowest BCUT2D eigenvalue weighted by molar-refractivity contribution is -0.129. The Morgan fingerprint density at radius 2 is 1.91 bits per heavy atom. The van der Waals surface area contributed by atoms with Crippen molar-refractivity contribution in [2.24, 2.45) is 10.8 Å². The van der Waals surface area contributed by atoms with Gasteiger partial charge in [0.15, 0.2) is 0 Å². The van der Waals surface area contributed by atoms with Gasteiger partial charge in [-0.15, -0.1) is 0 Å².